The zero-order chi connectivity index (χ0) is 14.8. The number of hydrogen-bond donors (Lipinski definition) is 1. The van der Waals surface area contributed by atoms with Gasteiger partial charge in [0, 0.05) is 12.4 Å². The summed E-state index contributed by atoms with van der Waals surface area (Å²) < 4.78 is 7.66. The van der Waals surface area contributed by atoms with Gasteiger partial charge in [0.15, 0.2) is 0 Å². The van der Waals surface area contributed by atoms with Gasteiger partial charge < -0.3 is 14.6 Å². The van der Waals surface area contributed by atoms with Gasteiger partial charge in [0.1, 0.15) is 11.6 Å². The van der Waals surface area contributed by atoms with Crippen molar-refractivity contribution in [3.8, 4) is 5.75 Å². The number of hydrogen-bond acceptors (Lipinski definition) is 3. The molecule has 112 valence electrons. The first-order valence-corrected chi connectivity index (χ1v) is 7.64. The van der Waals surface area contributed by atoms with Gasteiger partial charge >= 0.3 is 0 Å². The molecule has 4 heteroatoms. The third-order valence-corrected chi connectivity index (χ3v) is 4.42. The Balaban J connectivity index is 2.00. The number of ether oxygens (including phenoxy) is 1. The molecule has 1 heterocycles. The molecule has 0 amide bonds. The van der Waals surface area contributed by atoms with Gasteiger partial charge in [-0.15, -0.1) is 0 Å². The molecule has 0 fully saturated rings. The number of aryl methyl sites for hydroxylation is 2. The maximum atomic E-state index is 5.36. The average molecular weight is 285 g/mol. The van der Waals surface area contributed by atoms with Crippen LogP contribution in [0.2, 0.25) is 0 Å². The van der Waals surface area contributed by atoms with E-state index >= 15 is 0 Å². The van der Waals surface area contributed by atoms with Crippen molar-refractivity contribution in [1.29, 1.82) is 0 Å². The van der Waals surface area contributed by atoms with Gasteiger partial charge in [-0.1, -0.05) is 13.0 Å². The minimum Gasteiger partial charge on any atom is -0.497 e. The number of fused-ring (bicyclic) bond motifs is 1. The van der Waals surface area contributed by atoms with Gasteiger partial charge in [-0.3, -0.25) is 0 Å². The van der Waals surface area contributed by atoms with Crippen molar-refractivity contribution in [1.82, 2.24) is 14.9 Å². The zero-order valence-electron chi connectivity index (χ0n) is 13.0. The van der Waals surface area contributed by atoms with E-state index in [2.05, 4.69) is 53.1 Å². The van der Waals surface area contributed by atoms with Crippen LogP contribution in [0, 0.1) is 6.92 Å². The summed E-state index contributed by atoms with van der Waals surface area (Å²) in [6.07, 6.45) is 6.19. The summed E-state index contributed by atoms with van der Waals surface area (Å²) in [7, 11) is 1.73. The third-order valence-electron chi connectivity index (χ3n) is 4.42. The third kappa shape index (κ3) is 2.56. The number of nitrogens with zero attached hydrogens (tertiary/aromatic N) is 2. The quantitative estimate of drug-likeness (QED) is 0.938. The number of nitrogens with one attached hydrogen (secondary N) is 1. The maximum Gasteiger partial charge on any atom is 0.119 e. The molecule has 0 saturated carbocycles. The average Bonchev–Trinajstić information content (AvgIpc) is 2.93. The second kappa shape index (κ2) is 5.90. The first-order valence-electron chi connectivity index (χ1n) is 7.64. The fourth-order valence-electron chi connectivity index (χ4n) is 3.41. The molecule has 0 saturated heterocycles. The minimum absolute atomic E-state index is 0.331. The lowest BCUT2D eigenvalue weighted by atomic mass is 9.83. The molecule has 1 aromatic carbocycles. The fraction of sp³-hybridized carbons (Fsp3) is 0.471. The van der Waals surface area contributed by atoms with Crippen LogP contribution in [-0.4, -0.2) is 23.2 Å². The molecule has 1 aromatic heterocycles. The minimum atomic E-state index is 0.331. The highest BCUT2D eigenvalue weighted by atomic mass is 16.5. The SMILES string of the molecule is CCNC1c2ccc(OC)cc2CCC1n1ccnc1C. The molecule has 1 N–H and O–H groups in total. The van der Waals surface area contributed by atoms with E-state index in [1.165, 1.54) is 11.1 Å². The first kappa shape index (κ1) is 14.1. The Morgan fingerprint density at radius 3 is 2.95 bits per heavy atom. The Hall–Kier alpha value is -1.81. The summed E-state index contributed by atoms with van der Waals surface area (Å²) >= 11 is 0. The van der Waals surface area contributed by atoms with Gasteiger partial charge in [0.05, 0.1) is 19.2 Å². The molecule has 0 bridgehead atoms. The molecule has 4 nitrogen and oxygen atoms in total. The monoisotopic (exact) mass is 285 g/mol. The molecule has 0 aliphatic heterocycles. The van der Waals surface area contributed by atoms with E-state index in [9.17, 15) is 0 Å². The van der Waals surface area contributed by atoms with E-state index in [1.807, 2.05) is 6.20 Å². The van der Waals surface area contributed by atoms with Crippen LogP contribution < -0.4 is 10.1 Å². The van der Waals surface area contributed by atoms with E-state index in [1.54, 1.807) is 7.11 Å². The van der Waals surface area contributed by atoms with Gasteiger partial charge in [-0.2, -0.15) is 0 Å². The highest BCUT2D eigenvalue weighted by Crippen LogP contribution is 2.39. The van der Waals surface area contributed by atoms with Crippen LogP contribution in [0.25, 0.3) is 0 Å². The van der Waals surface area contributed by atoms with E-state index in [4.69, 9.17) is 4.74 Å². The fourth-order valence-corrected chi connectivity index (χ4v) is 3.41. The zero-order valence-corrected chi connectivity index (χ0v) is 13.0. The van der Waals surface area contributed by atoms with Crippen molar-refractivity contribution < 1.29 is 4.74 Å². The maximum absolute atomic E-state index is 5.36. The van der Waals surface area contributed by atoms with Crippen molar-refractivity contribution in [2.45, 2.75) is 38.8 Å². The summed E-state index contributed by atoms with van der Waals surface area (Å²) in [5.74, 6) is 2.03. The molecule has 21 heavy (non-hydrogen) atoms. The normalized spacial score (nSPS) is 21.1. The van der Waals surface area contributed by atoms with Crippen LogP contribution in [-0.2, 0) is 6.42 Å². The summed E-state index contributed by atoms with van der Waals surface area (Å²) in [6.45, 7) is 5.20. The number of methoxy groups -OCH3 is 1. The second-order valence-corrected chi connectivity index (χ2v) is 5.59. The summed E-state index contributed by atoms with van der Waals surface area (Å²) in [5, 5.41) is 3.65. The predicted octanol–water partition coefficient (Wildman–Crippen LogP) is 3.04. The molecule has 0 radical (unpaired) electrons. The molecular formula is C17H23N3O. The van der Waals surface area contributed by atoms with Crippen molar-refractivity contribution in [2.24, 2.45) is 0 Å². The predicted molar refractivity (Wildman–Crippen MR) is 83.7 cm³/mol. The molecule has 3 rings (SSSR count). The van der Waals surface area contributed by atoms with E-state index in [0.717, 1.165) is 31.0 Å². The van der Waals surface area contributed by atoms with Crippen LogP contribution in [0.5, 0.6) is 5.75 Å². The lowest BCUT2D eigenvalue weighted by Gasteiger charge is -2.35. The molecule has 2 atom stereocenters. The van der Waals surface area contributed by atoms with Crippen LogP contribution >= 0.6 is 0 Å². The Bertz CT molecular complexity index is 620. The topological polar surface area (TPSA) is 39.1 Å². The molecule has 1 aliphatic rings. The van der Waals surface area contributed by atoms with E-state index in [-0.39, 0.29) is 0 Å². The lowest BCUT2D eigenvalue weighted by molar-refractivity contribution is 0.316. The number of rotatable bonds is 4. The van der Waals surface area contributed by atoms with Crippen LogP contribution in [0.3, 0.4) is 0 Å². The highest BCUT2D eigenvalue weighted by molar-refractivity contribution is 5.40. The van der Waals surface area contributed by atoms with Crippen LogP contribution in [0.1, 0.15) is 42.4 Å². The van der Waals surface area contributed by atoms with Crippen molar-refractivity contribution in [3.63, 3.8) is 0 Å². The lowest BCUT2D eigenvalue weighted by Crippen LogP contribution is -2.34. The first-order chi connectivity index (χ1) is 10.2. The van der Waals surface area contributed by atoms with Crippen molar-refractivity contribution >= 4 is 0 Å². The molecular weight excluding hydrogens is 262 g/mol. The number of imidazole rings is 1. The van der Waals surface area contributed by atoms with E-state index < -0.39 is 0 Å². The van der Waals surface area contributed by atoms with Crippen molar-refractivity contribution in [2.75, 3.05) is 13.7 Å². The second-order valence-electron chi connectivity index (χ2n) is 5.59. The standard InChI is InChI=1S/C17H23N3O/c1-4-18-17-15-7-6-14(21-3)11-13(15)5-8-16(17)20-10-9-19-12(20)2/h6-7,9-11,16-18H,4-5,8H2,1-3H3. The molecule has 0 spiro atoms. The molecule has 2 aromatic rings. The number of likely N-dealkylation sites (N-methyl/N-ethyl adjacent to an activating group) is 1. The summed E-state index contributed by atoms with van der Waals surface area (Å²) in [6, 6.07) is 7.20. The van der Waals surface area contributed by atoms with Gasteiger partial charge in [0.2, 0.25) is 0 Å². The Kier molecular flexibility index (Phi) is 3.97. The molecule has 1 aliphatic carbocycles. The van der Waals surface area contributed by atoms with E-state index in [0.29, 0.717) is 12.1 Å². The number of benzene rings is 1. The van der Waals surface area contributed by atoms with Crippen LogP contribution in [0.4, 0.5) is 0 Å². The largest absolute Gasteiger partial charge is 0.497 e. The highest BCUT2D eigenvalue weighted by Gasteiger charge is 2.30. The Morgan fingerprint density at radius 2 is 2.29 bits per heavy atom. The summed E-state index contributed by atoms with van der Waals surface area (Å²) in [5.41, 5.74) is 2.79. The van der Waals surface area contributed by atoms with Gasteiger partial charge in [-0.05, 0) is 49.6 Å². The van der Waals surface area contributed by atoms with Crippen LogP contribution in [0.15, 0.2) is 30.6 Å². The van der Waals surface area contributed by atoms with Crippen molar-refractivity contribution in [3.05, 3.63) is 47.5 Å². The van der Waals surface area contributed by atoms with Gasteiger partial charge in [-0.25, -0.2) is 4.98 Å². The molecule has 2 unspecified atom stereocenters. The smallest absolute Gasteiger partial charge is 0.119 e. The summed E-state index contributed by atoms with van der Waals surface area (Å²) in [4.78, 5) is 4.38. The number of aromatic nitrogens is 2. The van der Waals surface area contributed by atoms with Gasteiger partial charge in [0.25, 0.3) is 0 Å². The Morgan fingerprint density at radius 1 is 1.43 bits per heavy atom. The Labute approximate surface area is 126 Å².